The van der Waals surface area contributed by atoms with Crippen molar-refractivity contribution in [2.45, 2.75) is 26.1 Å². The van der Waals surface area contributed by atoms with E-state index in [0.717, 1.165) is 10.9 Å². The standard InChI is InChI=1S/C12H12ClF3N6O3/c1-6-8(13)10(12(14,15)16)20-21(6)4-2-3-17-11(23)9-7(22(24)25)5-18-19-9/h5H,2-4H2,1H3,(H,17,23)(H,18,19). The van der Waals surface area contributed by atoms with Crippen LogP contribution in [0.4, 0.5) is 18.9 Å². The van der Waals surface area contributed by atoms with Crippen molar-refractivity contribution in [3.8, 4) is 0 Å². The molecular weight excluding hydrogens is 369 g/mol. The van der Waals surface area contributed by atoms with E-state index >= 15 is 0 Å². The number of carbonyl (C=O) groups is 1. The summed E-state index contributed by atoms with van der Waals surface area (Å²) in [5.74, 6) is -0.740. The summed E-state index contributed by atoms with van der Waals surface area (Å²) in [4.78, 5) is 21.8. The molecule has 136 valence electrons. The van der Waals surface area contributed by atoms with Crippen molar-refractivity contribution < 1.29 is 22.9 Å². The summed E-state index contributed by atoms with van der Waals surface area (Å²) in [7, 11) is 0. The lowest BCUT2D eigenvalue weighted by atomic mass is 10.3. The molecule has 0 aliphatic heterocycles. The van der Waals surface area contributed by atoms with Crippen LogP contribution in [0.1, 0.15) is 28.3 Å². The molecule has 0 bridgehead atoms. The topological polar surface area (TPSA) is 119 Å². The zero-order valence-electron chi connectivity index (χ0n) is 12.7. The number of hydrogen-bond acceptors (Lipinski definition) is 5. The number of aromatic nitrogens is 4. The molecule has 2 heterocycles. The fraction of sp³-hybridized carbons (Fsp3) is 0.417. The maximum atomic E-state index is 12.7. The van der Waals surface area contributed by atoms with Gasteiger partial charge in [-0.25, -0.2) is 0 Å². The monoisotopic (exact) mass is 380 g/mol. The number of rotatable bonds is 6. The molecule has 2 rings (SSSR count). The zero-order valence-corrected chi connectivity index (χ0v) is 13.5. The third-order valence-electron chi connectivity index (χ3n) is 3.28. The predicted molar refractivity (Wildman–Crippen MR) is 79.2 cm³/mol. The van der Waals surface area contributed by atoms with E-state index in [1.807, 2.05) is 0 Å². The molecule has 0 aliphatic carbocycles. The highest BCUT2D eigenvalue weighted by atomic mass is 35.5. The summed E-state index contributed by atoms with van der Waals surface area (Å²) >= 11 is 5.63. The van der Waals surface area contributed by atoms with Gasteiger partial charge in [0, 0.05) is 13.1 Å². The average Bonchev–Trinajstić information content (AvgIpc) is 3.10. The van der Waals surface area contributed by atoms with Gasteiger partial charge >= 0.3 is 11.9 Å². The van der Waals surface area contributed by atoms with E-state index in [9.17, 15) is 28.1 Å². The average molecular weight is 381 g/mol. The molecule has 0 unspecified atom stereocenters. The molecule has 0 saturated carbocycles. The Bertz CT molecular complexity index is 801. The molecule has 1 amide bonds. The summed E-state index contributed by atoms with van der Waals surface area (Å²) in [6, 6.07) is 0. The van der Waals surface area contributed by atoms with Crippen molar-refractivity contribution >= 4 is 23.2 Å². The van der Waals surface area contributed by atoms with Crippen molar-refractivity contribution in [3.05, 3.63) is 38.4 Å². The van der Waals surface area contributed by atoms with Gasteiger partial charge < -0.3 is 5.32 Å². The van der Waals surface area contributed by atoms with Crippen LogP contribution in [0.25, 0.3) is 0 Å². The fourth-order valence-electron chi connectivity index (χ4n) is 2.03. The van der Waals surface area contributed by atoms with Crippen LogP contribution in [0.5, 0.6) is 0 Å². The number of aryl methyl sites for hydroxylation is 1. The minimum Gasteiger partial charge on any atom is -0.350 e. The van der Waals surface area contributed by atoms with E-state index in [2.05, 4.69) is 20.6 Å². The maximum absolute atomic E-state index is 12.7. The predicted octanol–water partition coefficient (Wildman–Crippen LogP) is 2.32. The van der Waals surface area contributed by atoms with Gasteiger partial charge in [0.25, 0.3) is 5.91 Å². The van der Waals surface area contributed by atoms with E-state index in [0.29, 0.717) is 0 Å². The Morgan fingerprint density at radius 2 is 2.20 bits per heavy atom. The molecule has 2 N–H and O–H groups in total. The van der Waals surface area contributed by atoms with Crippen molar-refractivity contribution in [1.82, 2.24) is 25.3 Å². The molecule has 2 aromatic rings. The van der Waals surface area contributed by atoms with Crippen LogP contribution in [0, 0.1) is 17.0 Å². The van der Waals surface area contributed by atoms with Gasteiger partial charge in [-0.3, -0.25) is 24.7 Å². The molecule has 0 spiro atoms. The molecule has 25 heavy (non-hydrogen) atoms. The summed E-state index contributed by atoms with van der Waals surface area (Å²) < 4.78 is 39.2. The second kappa shape index (κ2) is 7.09. The lowest BCUT2D eigenvalue weighted by molar-refractivity contribution is -0.385. The Labute approximate surface area is 143 Å². The number of aromatic amines is 1. The summed E-state index contributed by atoms with van der Waals surface area (Å²) in [5, 5.41) is 21.7. The van der Waals surface area contributed by atoms with E-state index in [-0.39, 0.29) is 30.9 Å². The van der Waals surface area contributed by atoms with Gasteiger partial charge in [0.15, 0.2) is 5.69 Å². The Kier molecular flexibility index (Phi) is 5.30. The molecular formula is C12H12ClF3N6O3. The van der Waals surface area contributed by atoms with E-state index in [4.69, 9.17) is 11.6 Å². The van der Waals surface area contributed by atoms with Crippen LogP contribution < -0.4 is 5.32 Å². The van der Waals surface area contributed by atoms with Gasteiger partial charge in [-0.2, -0.15) is 23.4 Å². The molecule has 0 atom stereocenters. The number of carbonyl (C=O) groups excluding carboxylic acids is 1. The van der Waals surface area contributed by atoms with Crippen molar-refractivity contribution in [3.63, 3.8) is 0 Å². The lowest BCUT2D eigenvalue weighted by Crippen LogP contribution is -2.26. The van der Waals surface area contributed by atoms with Crippen LogP contribution in [0.2, 0.25) is 5.02 Å². The number of hydrogen-bond donors (Lipinski definition) is 2. The smallest absolute Gasteiger partial charge is 0.350 e. The Morgan fingerprint density at radius 1 is 1.52 bits per heavy atom. The van der Waals surface area contributed by atoms with E-state index < -0.39 is 33.4 Å². The third-order valence-corrected chi connectivity index (χ3v) is 3.73. The minimum absolute atomic E-state index is 0.0628. The van der Waals surface area contributed by atoms with Gasteiger partial charge in [0.2, 0.25) is 5.69 Å². The highest BCUT2D eigenvalue weighted by Crippen LogP contribution is 2.35. The van der Waals surface area contributed by atoms with Crippen molar-refractivity contribution in [2.24, 2.45) is 0 Å². The Morgan fingerprint density at radius 3 is 2.76 bits per heavy atom. The van der Waals surface area contributed by atoms with Gasteiger partial charge in [0.1, 0.15) is 6.20 Å². The number of nitrogens with one attached hydrogen (secondary N) is 2. The number of alkyl halides is 3. The van der Waals surface area contributed by atoms with Gasteiger partial charge in [-0.15, -0.1) is 0 Å². The molecule has 9 nitrogen and oxygen atoms in total. The molecule has 0 radical (unpaired) electrons. The molecule has 0 aliphatic rings. The second-order valence-corrected chi connectivity index (χ2v) is 5.34. The van der Waals surface area contributed by atoms with Crippen LogP contribution in [-0.2, 0) is 12.7 Å². The van der Waals surface area contributed by atoms with E-state index in [1.54, 1.807) is 0 Å². The maximum Gasteiger partial charge on any atom is 0.436 e. The highest BCUT2D eigenvalue weighted by Gasteiger charge is 2.38. The number of nitrogens with zero attached hydrogens (tertiary/aromatic N) is 4. The first-order valence-electron chi connectivity index (χ1n) is 6.89. The number of amides is 1. The fourth-order valence-corrected chi connectivity index (χ4v) is 2.27. The van der Waals surface area contributed by atoms with Gasteiger partial charge in [0.05, 0.1) is 15.6 Å². The van der Waals surface area contributed by atoms with Crippen molar-refractivity contribution in [1.29, 1.82) is 0 Å². The molecule has 0 fully saturated rings. The van der Waals surface area contributed by atoms with E-state index in [1.165, 1.54) is 6.92 Å². The highest BCUT2D eigenvalue weighted by molar-refractivity contribution is 6.31. The molecule has 2 aromatic heterocycles. The van der Waals surface area contributed by atoms with Crippen molar-refractivity contribution in [2.75, 3.05) is 6.54 Å². The first-order chi connectivity index (χ1) is 11.6. The third kappa shape index (κ3) is 4.07. The first kappa shape index (κ1) is 18.7. The van der Waals surface area contributed by atoms with Gasteiger partial charge in [-0.1, -0.05) is 11.6 Å². The number of nitro groups is 1. The van der Waals surface area contributed by atoms with Crippen LogP contribution in [0.15, 0.2) is 6.20 Å². The summed E-state index contributed by atoms with van der Waals surface area (Å²) in [6.07, 6.45) is -3.51. The number of H-pyrrole nitrogens is 1. The SMILES string of the molecule is Cc1c(Cl)c(C(F)(F)F)nn1CCCNC(=O)c1[nH]ncc1[N+](=O)[O-]. The van der Waals surface area contributed by atoms with Crippen LogP contribution in [-0.4, -0.2) is 37.4 Å². The Balaban J connectivity index is 1.93. The molecule has 13 heteroatoms. The first-order valence-corrected chi connectivity index (χ1v) is 7.26. The normalized spacial score (nSPS) is 11.6. The van der Waals surface area contributed by atoms with Gasteiger partial charge in [-0.05, 0) is 13.3 Å². The minimum atomic E-state index is -4.65. The summed E-state index contributed by atoms with van der Waals surface area (Å²) in [6.45, 7) is 1.54. The second-order valence-electron chi connectivity index (χ2n) is 4.97. The molecule has 0 saturated heterocycles. The largest absolute Gasteiger partial charge is 0.436 e. The zero-order chi connectivity index (χ0) is 18.8. The Hall–Kier alpha value is -2.63. The quantitative estimate of drug-likeness (QED) is 0.453. The molecule has 0 aromatic carbocycles. The van der Waals surface area contributed by atoms with Crippen LogP contribution >= 0.6 is 11.6 Å². The number of halogens is 4. The lowest BCUT2D eigenvalue weighted by Gasteiger charge is -2.06. The summed E-state index contributed by atoms with van der Waals surface area (Å²) in [5.41, 5.74) is -1.78. The van der Waals surface area contributed by atoms with Crippen LogP contribution in [0.3, 0.4) is 0 Å².